The molecule has 0 aliphatic rings. The fraction of sp³-hybridized carbons (Fsp3) is 0.100. The van der Waals surface area contributed by atoms with Gasteiger partial charge in [0.25, 0.3) is 5.91 Å². The van der Waals surface area contributed by atoms with Crippen LogP contribution in [0.2, 0.25) is 0 Å². The summed E-state index contributed by atoms with van der Waals surface area (Å²) in [5.74, 6) is 0.155. The molecule has 0 radical (unpaired) electrons. The first-order valence-electron chi connectivity index (χ1n) is 12.2. The topological polar surface area (TPSA) is 94.6 Å². The quantitative estimate of drug-likeness (QED) is 0.223. The van der Waals surface area contributed by atoms with Crippen LogP contribution in [0.4, 0.5) is 20.3 Å². The van der Waals surface area contributed by atoms with Gasteiger partial charge in [0.15, 0.2) is 23.1 Å². The summed E-state index contributed by atoms with van der Waals surface area (Å²) in [4.78, 5) is 21.4. The van der Waals surface area contributed by atoms with Crippen molar-refractivity contribution in [2.45, 2.75) is 6.54 Å². The summed E-state index contributed by atoms with van der Waals surface area (Å²) >= 11 is 0. The molecule has 5 aromatic rings. The molecule has 2 N–H and O–H groups in total. The molecule has 0 aliphatic heterocycles. The summed E-state index contributed by atoms with van der Waals surface area (Å²) in [6.07, 6.45) is 3.07. The molecule has 0 saturated carbocycles. The number of hydrogen-bond donors (Lipinski definition) is 2. The number of nitrogens with one attached hydrogen (secondary N) is 2. The predicted molar refractivity (Wildman–Crippen MR) is 146 cm³/mol. The van der Waals surface area contributed by atoms with Crippen molar-refractivity contribution in [2.75, 3.05) is 19.5 Å². The lowest BCUT2D eigenvalue weighted by Gasteiger charge is -2.14. The smallest absolute Gasteiger partial charge is 0.255 e. The first kappa shape index (κ1) is 26.4. The van der Waals surface area contributed by atoms with Gasteiger partial charge in [0, 0.05) is 42.1 Å². The van der Waals surface area contributed by atoms with E-state index in [9.17, 15) is 9.18 Å². The second-order valence-corrected chi connectivity index (χ2v) is 8.62. The van der Waals surface area contributed by atoms with Crippen LogP contribution in [-0.4, -0.2) is 30.1 Å². The van der Waals surface area contributed by atoms with Crippen LogP contribution in [0.15, 0.2) is 85.2 Å². The molecule has 5 rings (SSSR count). The van der Waals surface area contributed by atoms with Gasteiger partial charge in [-0.05, 0) is 54.1 Å². The van der Waals surface area contributed by atoms with Gasteiger partial charge in [-0.1, -0.05) is 12.1 Å². The highest BCUT2D eigenvalue weighted by molar-refractivity contribution is 5.99. The summed E-state index contributed by atoms with van der Waals surface area (Å²) < 4.78 is 45.2. The van der Waals surface area contributed by atoms with E-state index in [0.29, 0.717) is 39.4 Å². The molecule has 0 fully saturated rings. The Kier molecular flexibility index (Phi) is 7.68. The third-order valence-electron chi connectivity index (χ3n) is 6.02. The second kappa shape index (κ2) is 11.6. The van der Waals surface area contributed by atoms with Gasteiger partial charge < -0.3 is 24.8 Å². The summed E-state index contributed by atoms with van der Waals surface area (Å²) in [6.45, 7) is 0.133. The van der Waals surface area contributed by atoms with Crippen molar-refractivity contribution in [3.63, 3.8) is 0 Å². The number of ether oxygens (including phenoxy) is 3. The standard InChI is InChI=1S/C30H24F2N4O4/c1-38-27-15-22-24(16-28(27)39-2)33-12-10-25(22)40-26-9-8-20(14-23(26)32)36-29-21(7-4-11-34-29)30(37)35-17-18-5-3-6-19(31)13-18/h3-16H,17H2,1-2H3,(H,34,36)(H,35,37). The van der Waals surface area contributed by atoms with Crippen LogP contribution >= 0.6 is 0 Å². The van der Waals surface area contributed by atoms with Crippen LogP contribution in [0.25, 0.3) is 10.9 Å². The van der Waals surface area contributed by atoms with E-state index in [1.165, 1.54) is 44.7 Å². The minimum Gasteiger partial charge on any atom is -0.493 e. The maximum Gasteiger partial charge on any atom is 0.255 e. The van der Waals surface area contributed by atoms with E-state index in [1.807, 2.05) is 0 Å². The van der Waals surface area contributed by atoms with Crippen LogP contribution in [0.1, 0.15) is 15.9 Å². The number of carbonyl (C=O) groups excluding carboxylic acids is 1. The van der Waals surface area contributed by atoms with Gasteiger partial charge in [0.1, 0.15) is 17.4 Å². The van der Waals surface area contributed by atoms with Gasteiger partial charge in [-0.15, -0.1) is 0 Å². The van der Waals surface area contributed by atoms with E-state index in [2.05, 4.69) is 20.6 Å². The lowest BCUT2D eigenvalue weighted by atomic mass is 10.1. The fourth-order valence-electron chi connectivity index (χ4n) is 4.07. The lowest BCUT2D eigenvalue weighted by molar-refractivity contribution is 0.0951. The zero-order valence-electron chi connectivity index (χ0n) is 21.6. The average molecular weight is 543 g/mol. The van der Waals surface area contributed by atoms with Gasteiger partial charge >= 0.3 is 0 Å². The number of hydrogen-bond acceptors (Lipinski definition) is 7. The number of pyridine rings is 2. The van der Waals surface area contributed by atoms with Crippen molar-refractivity contribution in [1.82, 2.24) is 15.3 Å². The number of carbonyl (C=O) groups is 1. The fourth-order valence-corrected chi connectivity index (χ4v) is 4.07. The largest absolute Gasteiger partial charge is 0.493 e. The Morgan fingerprint density at radius 1 is 0.825 bits per heavy atom. The second-order valence-electron chi connectivity index (χ2n) is 8.62. The minimum atomic E-state index is -0.636. The first-order valence-corrected chi connectivity index (χ1v) is 12.2. The van der Waals surface area contributed by atoms with Crippen LogP contribution < -0.4 is 24.8 Å². The number of anilines is 2. The Bertz CT molecular complexity index is 1700. The van der Waals surface area contributed by atoms with Crippen molar-refractivity contribution in [3.05, 3.63) is 108 Å². The highest BCUT2D eigenvalue weighted by Gasteiger charge is 2.16. The number of methoxy groups -OCH3 is 2. The zero-order valence-corrected chi connectivity index (χ0v) is 21.6. The Morgan fingerprint density at radius 3 is 2.42 bits per heavy atom. The predicted octanol–water partition coefficient (Wildman–Crippen LogP) is 6.39. The van der Waals surface area contributed by atoms with Crippen LogP contribution in [0, 0.1) is 11.6 Å². The van der Waals surface area contributed by atoms with Gasteiger partial charge in [-0.2, -0.15) is 0 Å². The van der Waals surface area contributed by atoms with Gasteiger partial charge in [0.05, 0.1) is 25.3 Å². The Labute approximate surface area is 228 Å². The molecule has 0 bridgehead atoms. The number of fused-ring (bicyclic) bond motifs is 1. The molecule has 8 nitrogen and oxygen atoms in total. The Morgan fingerprint density at radius 2 is 1.65 bits per heavy atom. The summed E-state index contributed by atoms with van der Waals surface area (Å²) in [7, 11) is 3.05. The molecule has 0 aliphatic carbocycles. The van der Waals surface area contributed by atoms with Crippen molar-refractivity contribution >= 4 is 28.3 Å². The summed E-state index contributed by atoms with van der Waals surface area (Å²) in [6, 6.07) is 18.5. The summed E-state index contributed by atoms with van der Waals surface area (Å²) in [5.41, 5.74) is 1.80. The van der Waals surface area contributed by atoms with Crippen molar-refractivity contribution in [3.8, 4) is 23.0 Å². The first-order chi connectivity index (χ1) is 19.4. The zero-order chi connectivity index (χ0) is 28.1. The van der Waals surface area contributed by atoms with E-state index in [1.54, 1.807) is 54.7 Å². The molecule has 2 heterocycles. The van der Waals surface area contributed by atoms with Crippen molar-refractivity contribution < 1.29 is 27.8 Å². The molecule has 40 heavy (non-hydrogen) atoms. The van der Waals surface area contributed by atoms with Gasteiger partial charge in [-0.25, -0.2) is 13.8 Å². The van der Waals surface area contributed by atoms with Gasteiger partial charge in [0.2, 0.25) is 0 Å². The number of aromatic nitrogens is 2. The van der Waals surface area contributed by atoms with E-state index in [0.717, 1.165) is 0 Å². The number of amides is 1. The SMILES string of the molecule is COc1cc2nccc(Oc3ccc(Nc4ncccc4C(=O)NCc4cccc(F)c4)cc3F)c2cc1OC. The average Bonchev–Trinajstić information content (AvgIpc) is 2.97. The molecule has 1 amide bonds. The third-order valence-corrected chi connectivity index (χ3v) is 6.02. The molecular formula is C30H24F2N4O4. The van der Waals surface area contributed by atoms with E-state index >= 15 is 4.39 Å². The minimum absolute atomic E-state index is 0.0121. The van der Waals surface area contributed by atoms with Crippen molar-refractivity contribution in [2.24, 2.45) is 0 Å². The van der Waals surface area contributed by atoms with E-state index < -0.39 is 11.7 Å². The maximum atomic E-state index is 15.1. The van der Waals surface area contributed by atoms with Gasteiger partial charge in [-0.3, -0.25) is 9.78 Å². The number of rotatable bonds is 9. The molecule has 0 saturated heterocycles. The number of benzene rings is 3. The molecule has 10 heteroatoms. The number of nitrogens with zero attached hydrogens (tertiary/aromatic N) is 2. The molecule has 202 valence electrons. The highest BCUT2D eigenvalue weighted by Crippen LogP contribution is 2.37. The number of halogens is 2. The Hall–Kier alpha value is -5.25. The molecular weight excluding hydrogens is 518 g/mol. The molecule has 0 spiro atoms. The monoisotopic (exact) mass is 542 g/mol. The van der Waals surface area contributed by atoms with Crippen LogP contribution in [-0.2, 0) is 6.54 Å². The highest BCUT2D eigenvalue weighted by atomic mass is 19.1. The molecule has 0 atom stereocenters. The molecule has 0 unspecified atom stereocenters. The maximum absolute atomic E-state index is 15.1. The molecule has 2 aromatic heterocycles. The van der Waals surface area contributed by atoms with Crippen LogP contribution in [0.3, 0.4) is 0 Å². The normalized spacial score (nSPS) is 10.7. The lowest BCUT2D eigenvalue weighted by Crippen LogP contribution is -2.24. The van der Waals surface area contributed by atoms with E-state index in [-0.39, 0.29) is 29.5 Å². The third kappa shape index (κ3) is 5.75. The van der Waals surface area contributed by atoms with Crippen LogP contribution in [0.5, 0.6) is 23.0 Å². The summed E-state index contributed by atoms with van der Waals surface area (Å²) in [5, 5.41) is 6.34. The van der Waals surface area contributed by atoms with E-state index in [4.69, 9.17) is 14.2 Å². The van der Waals surface area contributed by atoms with Crippen molar-refractivity contribution in [1.29, 1.82) is 0 Å². The molecule has 3 aromatic carbocycles. The Balaban J connectivity index is 1.33.